The summed E-state index contributed by atoms with van der Waals surface area (Å²) in [5.41, 5.74) is 3.05. The van der Waals surface area contributed by atoms with E-state index < -0.39 is 0 Å². The fourth-order valence-corrected chi connectivity index (χ4v) is 2.52. The number of benzene rings is 2. The van der Waals surface area contributed by atoms with Gasteiger partial charge in [-0.15, -0.1) is 0 Å². The zero-order valence-corrected chi connectivity index (χ0v) is 12.2. The highest BCUT2D eigenvalue weighted by atomic mass is 16.3. The van der Waals surface area contributed by atoms with Crippen LogP contribution in [0.4, 0.5) is 0 Å². The first-order valence-corrected chi connectivity index (χ1v) is 7.09. The fourth-order valence-electron chi connectivity index (χ4n) is 2.52. The van der Waals surface area contributed by atoms with Crippen molar-refractivity contribution in [1.82, 2.24) is 4.90 Å². The van der Waals surface area contributed by atoms with Crippen molar-refractivity contribution in [3.63, 3.8) is 0 Å². The van der Waals surface area contributed by atoms with Crippen molar-refractivity contribution in [2.45, 2.75) is 19.0 Å². The largest absolute Gasteiger partial charge is 0.396 e. The summed E-state index contributed by atoms with van der Waals surface area (Å²) in [6, 6.07) is 20.2. The van der Waals surface area contributed by atoms with Crippen LogP contribution in [0.25, 0.3) is 0 Å². The van der Waals surface area contributed by atoms with Crippen LogP contribution in [0.1, 0.15) is 29.2 Å². The maximum absolute atomic E-state index is 9.32. The summed E-state index contributed by atoms with van der Waals surface area (Å²) in [7, 11) is 2.06. The van der Waals surface area contributed by atoms with E-state index in [9.17, 15) is 5.11 Å². The molecule has 21 heavy (non-hydrogen) atoms. The van der Waals surface area contributed by atoms with E-state index in [1.807, 2.05) is 42.5 Å². The lowest BCUT2D eigenvalue weighted by Gasteiger charge is -2.28. The fraction of sp³-hybridized carbons (Fsp3) is 0.278. The monoisotopic (exact) mass is 280 g/mol. The molecule has 108 valence electrons. The number of nitrogens with zero attached hydrogens (tertiary/aromatic N) is 2. The smallest absolute Gasteiger partial charge is 0.0991 e. The summed E-state index contributed by atoms with van der Waals surface area (Å²) in [6.45, 7) is 0.947. The Labute approximate surface area is 126 Å². The molecule has 0 fully saturated rings. The molecular weight excluding hydrogens is 260 g/mol. The second-order valence-corrected chi connectivity index (χ2v) is 5.16. The Morgan fingerprint density at radius 2 is 1.76 bits per heavy atom. The minimum Gasteiger partial charge on any atom is -0.396 e. The molecular formula is C18H20N2O. The lowest BCUT2D eigenvalue weighted by molar-refractivity contribution is 0.180. The zero-order chi connectivity index (χ0) is 15.1. The summed E-state index contributed by atoms with van der Waals surface area (Å²) >= 11 is 0. The first-order valence-electron chi connectivity index (χ1n) is 7.09. The van der Waals surface area contributed by atoms with Crippen LogP contribution in [-0.2, 0) is 6.54 Å². The molecule has 0 aromatic heterocycles. The van der Waals surface area contributed by atoms with Crippen molar-refractivity contribution in [2.75, 3.05) is 13.7 Å². The van der Waals surface area contributed by atoms with E-state index in [-0.39, 0.29) is 12.6 Å². The lowest BCUT2D eigenvalue weighted by Crippen LogP contribution is -2.25. The molecule has 0 amide bonds. The third-order valence-corrected chi connectivity index (χ3v) is 3.63. The SMILES string of the molecule is CN(Cc1ccc(C#N)cc1)[C@@H](CCO)c1ccccc1. The van der Waals surface area contributed by atoms with E-state index in [2.05, 4.69) is 30.1 Å². The molecule has 0 radical (unpaired) electrons. The van der Waals surface area contributed by atoms with Gasteiger partial charge in [0.2, 0.25) is 0 Å². The Kier molecular flexibility index (Phi) is 5.51. The van der Waals surface area contributed by atoms with Crippen LogP contribution < -0.4 is 0 Å². The standard InChI is InChI=1S/C18H20N2O/c1-20(14-16-9-7-15(13-19)8-10-16)18(11-12-21)17-5-3-2-4-6-17/h2-10,18,21H,11-12,14H2,1H3/t18-/m0/s1. The van der Waals surface area contributed by atoms with E-state index >= 15 is 0 Å². The summed E-state index contributed by atoms with van der Waals surface area (Å²) in [5.74, 6) is 0. The number of hydrogen-bond acceptors (Lipinski definition) is 3. The third kappa shape index (κ3) is 4.16. The van der Waals surface area contributed by atoms with Crippen molar-refractivity contribution < 1.29 is 5.11 Å². The molecule has 1 atom stereocenters. The van der Waals surface area contributed by atoms with Crippen LogP contribution in [-0.4, -0.2) is 23.7 Å². The van der Waals surface area contributed by atoms with E-state index in [1.165, 1.54) is 5.56 Å². The number of aliphatic hydroxyl groups is 1. The van der Waals surface area contributed by atoms with E-state index in [1.54, 1.807) is 0 Å². The van der Waals surface area contributed by atoms with Gasteiger partial charge in [0.15, 0.2) is 0 Å². The van der Waals surface area contributed by atoms with Gasteiger partial charge in [0, 0.05) is 19.2 Å². The molecule has 0 aliphatic carbocycles. The van der Waals surface area contributed by atoms with Crippen LogP contribution in [0.2, 0.25) is 0 Å². The average molecular weight is 280 g/mol. The van der Waals surface area contributed by atoms with Crippen molar-refractivity contribution in [3.8, 4) is 6.07 Å². The van der Waals surface area contributed by atoms with Crippen molar-refractivity contribution in [3.05, 3.63) is 71.3 Å². The molecule has 0 saturated carbocycles. The van der Waals surface area contributed by atoms with Gasteiger partial charge in [-0.05, 0) is 36.7 Å². The molecule has 0 aliphatic rings. The van der Waals surface area contributed by atoms with Crippen molar-refractivity contribution in [2.24, 2.45) is 0 Å². The molecule has 0 unspecified atom stereocenters. The van der Waals surface area contributed by atoms with Gasteiger partial charge in [0.05, 0.1) is 11.6 Å². The third-order valence-electron chi connectivity index (χ3n) is 3.63. The van der Waals surface area contributed by atoms with Gasteiger partial charge < -0.3 is 5.11 Å². The second kappa shape index (κ2) is 7.58. The molecule has 1 N–H and O–H groups in total. The van der Waals surface area contributed by atoms with Gasteiger partial charge in [0.1, 0.15) is 0 Å². The van der Waals surface area contributed by atoms with Gasteiger partial charge >= 0.3 is 0 Å². The van der Waals surface area contributed by atoms with E-state index in [4.69, 9.17) is 5.26 Å². The highest BCUT2D eigenvalue weighted by molar-refractivity contribution is 5.31. The first-order chi connectivity index (χ1) is 10.2. The van der Waals surface area contributed by atoms with Crippen LogP contribution in [0.15, 0.2) is 54.6 Å². The Balaban J connectivity index is 2.11. The maximum Gasteiger partial charge on any atom is 0.0991 e. The van der Waals surface area contributed by atoms with Crippen LogP contribution in [0, 0.1) is 11.3 Å². The molecule has 0 aliphatic heterocycles. The molecule has 2 aromatic rings. The van der Waals surface area contributed by atoms with Crippen LogP contribution in [0.5, 0.6) is 0 Å². The van der Waals surface area contributed by atoms with Crippen molar-refractivity contribution in [1.29, 1.82) is 5.26 Å². The molecule has 0 spiro atoms. The number of aliphatic hydroxyl groups excluding tert-OH is 1. The molecule has 2 rings (SSSR count). The molecule has 3 heteroatoms. The van der Waals surface area contributed by atoms with Crippen LogP contribution >= 0.6 is 0 Å². The second-order valence-electron chi connectivity index (χ2n) is 5.16. The predicted octanol–water partition coefficient (Wildman–Crippen LogP) is 3.11. The van der Waals surface area contributed by atoms with Crippen LogP contribution in [0.3, 0.4) is 0 Å². The predicted molar refractivity (Wildman–Crippen MR) is 83.5 cm³/mol. The molecule has 0 heterocycles. The minimum atomic E-state index is 0.164. The van der Waals surface area contributed by atoms with Gasteiger partial charge in [-0.1, -0.05) is 42.5 Å². The Bertz CT molecular complexity index is 587. The Hall–Kier alpha value is -2.15. The normalized spacial score (nSPS) is 12.1. The minimum absolute atomic E-state index is 0.164. The van der Waals surface area contributed by atoms with E-state index in [0.29, 0.717) is 12.0 Å². The maximum atomic E-state index is 9.32. The van der Waals surface area contributed by atoms with Gasteiger partial charge in [-0.2, -0.15) is 5.26 Å². The number of nitriles is 1. The lowest BCUT2D eigenvalue weighted by atomic mass is 10.0. The number of rotatable bonds is 6. The highest BCUT2D eigenvalue weighted by Crippen LogP contribution is 2.24. The van der Waals surface area contributed by atoms with Gasteiger partial charge in [0.25, 0.3) is 0 Å². The Morgan fingerprint density at radius 1 is 1.10 bits per heavy atom. The summed E-state index contributed by atoms with van der Waals surface area (Å²) in [4.78, 5) is 2.23. The summed E-state index contributed by atoms with van der Waals surface area (Å²) in [5, 5.41) is 18.1. The highest BCUT2D eigenvalue weighted by Gasteiger charge is 2.16. The van der Waals surface area contributed by atoms with E-state index in [0.717, 1.165) is 12.1 Å². The zero-order valence-electron chi connectivity index (χ0n) is 12.2. The van der Waals surface area contributed by atoms with Gasteiger partial charge in [-0.25, -0.2) is 0 Å². The number of hydrogen-bond donors (Lipinski definition) is 1. The van der Waals surface area contributed by atoms with Crippen molar-refractivity contribution >= 4 is 0 Å². The molecule has 3 nitrogen and oxygen atoms in total. The quantitative estimate of drug-likeness (QED) is 0.884. The summed E-state index contributed by atoms with van der Waals surface area (Å²) < 4.78 is 0. The first kappa shape index (κ1) is 15.2. The molecule has 0 saturated heterocycles. The molecule has 2 aromatic carbocycles. The topological polar surface area (TPSA) is 47.3 Å². The Morgan fingerprint density at radius 3 is 2.33 bits per heavy atom. The summed E-state index contributed by atoms with van der Waals surface area (Å²) in [6.07, 6.45) is 0.705. The molecule has 0 bridgehead atoms. The average Bonchev–Trinajstić information content (AvgIpc) is 2.54. The van der Waals surface area contributed by atoms with Gasteiger partial charge in [-0.3, -0.25) is 4.90 Å².